The monoisotopic (exact) mass is 467 g/mol. The second kappa shape index (κ2) is 8.72. The summed E-state index contributed by atoms with van der Waals surface area (Å²) in [6, 6.07) is 8.08. The van der Waals surface area contributed by atoms with Crippen molar-refractivity contribution < 1.29 is 18.8 Å². The topological polar surface area (TPSA) is 76.7 Å². The van der Waals surface area contributed by atoms with Crippen LogP contribution in [0.2, 0.25) is 0 Å². The second-order valence-electron chi connectivity index (χ2n) is 11.5. The van der Waals surface area contributed by atoms with E-state index in [1.165, 1.54) is 0 Å². The van der Waals surface area contributed by atoms with Crippen molar-refractivity contribution in [2.75, 3.05) is 6.54 Å². The number of carbonyl (C=O) groups is 1. The summed E-state index contributed by atoms with van der Waals surface area (Å²) in [5, 5.41) is 0. The first-order valence-corrected chi connectivity index (χ1v) is 12.3. The van der Waals surface area contributed by atoms with Gasteiger partial charge in [0.15, 0.2) is 0 Å². The summed E-state index contributed by atoms with van der Waals surface area (Å²) in [5.41, 5.74) is 2.61. The molecule has 2 aliphatic heterocycles. The zero-order chi connectivity index (χ0) is 24.9. The molecule has 0 aliphatic carbocycles. The number of aromatic nitrogens is 2. The molecule has 1 amide bonds. The van der Waals surface area contributed by atoms with Gasteiger partial charge in [-0.3, -0.25) is 4.90 Å². The maximum absolute atomic E-state index is 12.9. The fourth-order valence-electron chi connectivity index (χ4n) is 4.45. The predicted octanol–water partition coefficient (Wildman–Crippen LogP) is 5.15. The van der Waals surface area contributed by atoms with Gasteiger partial charge < -0.3 is 19.0 Å². The van der Waals surface area contributed by atoms with Crippen LogP contribution in [0.25, 0.3) is 11.3 Å². The van der Waals surface area contributed by atoms with Crippen molar-refractivity contribution in [1.29, 1.82) is 0 Å². The molecule has 34 heavy (non-hydrogen) atoms. The normalized spacial score (nSPS) is 22.2. The van der Waals surface area contributed by atoms with Crippen LogP contribution in [0.1, 0.15) is 85.3 Å². The summed E-state index contributed by atoms with van der Waals surface area (Å²) in [4.78, 5) is 23.1. The van der Waals surface area contributed by atoms with Gasteiger partial charge in [-0.05, 0) is 80.1 Å². The molecule has 0 radical (unpaired) electrons. The number of hydrogen-bond donors (Lipinski definition) is 1. The van der Waals surface area contributed by atoms with Gasteiger partial charge in [0.2, 0.25) is 0 Å². The highest BCUT2D eigenvalue weighted by molar-refractivity contribution is 6.62. The number of likely N-dealkylation sites (tertiary alicyclic amines) is 1. The average Bonchev–Trinajstić information content (AvgIpc) is 3.23. The maximum atomic E-state index is 12.9. The Morgan fingerprint density at radius 3 is 2.32 bits per heavy atom. The Kier molecular flexibility index (Phi) is 6.36. The Morgan fingerprint density at radius 1 is 1.12 bits per heavy atom. The Balaban J connectivity index is 1.54. The Bertz CT molecular complexity index is 1020. The molecule has 2 saturated heterocycles. The van der Waals surface area contributed by atoms with Crippen LogP contribution in [0.5, 0.6) is 0 Å². The number of rotatable bonds is 3. The third kappa shape index (κ3) is 4.89. The van der Waals surface area contributed by atoms with Crippen LogP contribution in [0, 0.1) is 6.92 Å². The first-order chi connectivity index (χ1) is 15.8. The van der Waals surface area contributed by atoms with E-state index in [9.17, 15) is 4.79 Å². The third-order valence-corrected chi connectivity index (χ3v) is 7.06. The molecule has 1 aromatic carbocycles. The van der Waals surface area contributed by atoms with E-state index in [1.54, 1.807) is 0 Å². The molecule has 184 valence electrons. The number of nitrogens with zero attached hydrogens (tertiary/aromatic N) is 2. The van der Waals surface area contributed by atoms with Crippen molar-refractivity contribution in [2.24, 2.45) is 0 Å². The number of H-pyrrole nitrogens is 1. The van der Waals surface area contributed by atoms with Crippen LogP contribution in [-0.4, -0.2) is 51.4 Å². The van der Waals surface area contributed by atoms with Crippen molar-refractivity contribution in [1.82, 2.24) is 14.9 Å². The summed E-state index contributed by atoms with van der Waals surface area (Å²) in [5.74, 6) is 0.813. The predicted molar refractivity (Wildman–Crippen MR) is 134 cm³/mol. The summed E-state index contributed by atoms with van der Waals surface area (Å²) in [6.07, 6.45) is 2.62. The maximum Gasteiger partial charge on any atom is 0.494 e. The molecule has 2 fully saturated rings. The van der Waals surface area contributed by atoms with E-state index >= 15 is 0 Å². The van der Waals surface area contributed by atoms with E-state index in [4.69, 9.17) is 19.0 Å². The van der Waals surface area contributed by atoms with Crippen molar-refractivity contribution in [3.63, 3.8) is 0 Å². The lowest BCUT2D eigenvalue weighted by atomic mass is 9.79. The van der Waals surface area contributed by atoms with E-state index in [-0.39, 0.29) is 30.5 Å². The molecule has 2 aliphatic rings. The number of nitrogens with one attached hydrogen (secondary N) is 1. The highest BCUT2D eigenvalue weighted by Gasteiger charge is 2.51. The number of hydrogen-bond acceptors (Lipinski definition) is 5. The van der Waals surface area contributed by atoms with E-state index in [0.29, 0.717) is 6.54 Å². The standard InChI is InChI=1S/C26H38BN3O4/c1-17-21(18-12-14-19(15-13-18)27-33-25(5,6)26(7,8)34-27)29-22(28-17)20-11-9-10-16-30(20)23(31)32-24(2,3)4/h12-15,20H,9-11,16H2,1-8H3,(H,28,29)/t20-/m0/s1. The number of aromatic amines is 1. The fraction of sp³-hybridized carbons (Fsp3) is 0.615. The summed E-state index contributed by atoms with van der Waals surface area (Å²) >= 11 is 0. The van der Waals surface area contributed by atoms with Crippen LogP contribution in [0.4, 0.5) is 4.79 Å². The van der Waals surface area contributed by atoms with Crippen LogP contribution in [0.15, 0.2) is 24.3 Å². The zero-order valence-corrected chi connectivity index (χ0v) is 21.8. The van der Waals surface area contributed by atoms with Gasteiger partial charge in [-0.25, -0.2) is 9.78 Å². The molecule has 3 heterocycles. The Labute approximate surface area is 203 Å². The minimum absolute atomic E-state index is 0.111. The van der Waals surface area contributed by atoms with E-state index < -0.39 is 5.60 Å². The lowest BCUT2D eigenvalue weighted by Crippen LogP contribution is -2.42. The quantitative estimate of drug-likeness (QED) is 0.632. The van der Waals surface area contributed by atoms with Gasteiger partial charge in [-0.15, -0.1) is 0 Å². The van der Waals surface area contributed by atoms with Gasteiger partial charge in [0.05, 0.1) is 22.9 Å². The lowest BCUT2D eigenvalue weighted by molar-refractivity contribution is 0.00578. The first kappa shape index (κ1) is 24.8. The largest absolute Gasteiger partial charge is 0.494 e. The van der Waals surface area contributed by atoms with Gasteiger partial charge >= 0.3 is 13.2 Å². The SMILES string of the molecule is Cc1[nH]c([C@@H]2CCCCN2C(=O)OC(C)(C)C)nc1-c1ccc(B2OC(C)(C)C(C)(C)O2)cc1. The van der Waals surface area contributed by atoms with Crippen LogP contribution >= 0.6 is 0 Å². The number of amides is 1. The van der Waals surface area contributed by atoms with Crippen molar-refractivity contribution in [2.45, 2.75) is 97.5 Å². The molecule has 1 aromatic heterocycles. The van der Waals surface area contributed by atoms with Gasteiger partial charge in [0, 0.05) is 17.8 Å². The van der Waals surface area contributed by atoms with E-state index in [1.807, 2.05) is 44.7 Å². The number of imidazole rings is 1. The molecule has 1 N–H and O–H groups in total. The Hall–Kier alpha value is -2.32. The molecule has 4 rings (SSSR count). The van der Waals surface area contributed by atoms with E-state index in [0.717, 1.165) is 47.5 Å². The second-order valence-corrected chi connectivity index (χ2v) is 11.5. The summed E-state index contributed by atoms with van der Waals surface area (Å²) in [6.45, 7) is 16.6. The van der Waals surface area contributed by atoms with Crippen molar-refractivity contribution >= 4 is 18.7 Å². The lowest BCUT2D eigenvalue weighted by Gasteiger charge is -2.35. The molecular weight excluding hydrogens is 429 g/mol. The number of piperidine rings is 1. The van der Waals surface area contributed by atoms with E-state index in [2.05, 4.69) is 44.8 Å². The molecule has 7 nitrogen and oxygen atoms in total. The summed E-state index contributed by atoms with van der Waals surface area (Å²) in [7, 11) is -0.389. The number of ether oxygens (including phenoxy) is 1. The Morgan fingerprint density at radius 2 is 1.74 bits per heavy atom. The highest BCUT2D eigenvalue weighted by atomic mass is 16.7. The molecule has 0 unspecified atom stereocenters. The van der Waals surface area contributed by atoms with Gasteiger partial charge in [0.25, 0.3) is 0 Å². The van der Waals surface area contributed by atoms with Crippen LogP contribution < -0.4 is 5.46 Å². The first-order valence-electron chi connectivity index (χ1n) is 12.3. The molecular formula is C26H38BN3O4. The number of benzene rings is 1. The average molecular weight is 467 g/mol. The summed E-state index contributed by atoms with van der Waals surface area (Å²) < 4.78 is 18.0. The molecule has 2 aromatic rings. The molecule has 8 heteroatoms. The molecule has 1 atom stereocenters. The minimum atomic E-state index is -0.526. The van der Waals surface area contributed by atoms with Crippen LogP contribution in [-0.2, 0) is 14.0 Å². The number of carbonyl (C=O) groups excluding carboxylic acids is 1. The minimum Gasteiger partial charge on any atom is -0.444 e. The van der Waals surface area contributed by atoms with Crippen molar-refractivity contribution in [3.8, 4) is 11.3 Å². The van der Waals surface area contributed by atoms with Crippen molar-refractivity contribution in [3.05, 3.63) is 35.8 Å². The smallest absolute Gasteiger partial charge is 0.444 e. The molecule has 0 bridgehead atoms. The molecule has 0 spiro atoms. The third-order valence-electron chi connectivity index (χ3n) is 7.06. The number of aryl methyl sites for hydroxylation is 1. The van der Waals surface area contributed by atoms with Crippen LogP contribution in [0.3, 0.4) is 0 Å². The van der Waals surface area contributed by atoms with Gasteiger partial charge in [-0.1, -0.05) is 24.3 Å². The van der Waals surface area contributed by atoms with Gasteiger partial charge in [0.1, 0.15) is 11.4 Å². The highest BCUT2D eigenvalue weighted by Crippen LogP contribution is 2.37. The fourth-order valence-corrected chi connectivity index (χ4v) is 4.45. The van der Waals surface area contributed by atoms with Gasteiger partial charge in [-0.2, -0.15) is 0 Å². The molecule has 0 saturated carbocycles. The zero-order valence-electron chi connectivity index (χ0n) is 21.8.